The molecule has 5 atom stereocenters. The molecule has 0 aromatic rings. The molecule has 0 aliphatic carbocycles. The highest BCUT2D eigenvalue weighted by molar-refractivity contribution is 4.95. The highest BCUT2D eigenvalue weighted by atomic mass is 16.4. The van der Waals surface area contributed by atoms with Crippen molar-refractivity contribution in [2.45, 2.75) is 30.5 Å². The van der Waals surface area contributed by atoms with Crippen molar-refractivity contribution in [2.24, 2.45) is 0 Å². The molecule has 78 valence electrons. The Bertz CT molecular complexity index is 167. The van der Waals surface area contributed by atoms with E-state index in [4.69, 9.17) is 10.2 Å². The maximum absolute atomic E-state index is 9.37. The van der Waals surface area contributed by atoms with Gasteiger partial charge in [-0.2, -0.15) is 0 Å². The average Bonchev–Trinajstić information content (AvgIpc) is 2.13. The summed E-state index contributed by atoms with van der Waals surface area (Å²) >= 11 is 0. The second-order valence-electron chi connectivity index (χ2n) is 3.23. The van der Waals surface area contributed by atoms with Crippen LogP contribution in [0, 0.1) is 0 Å². The Hall–Kier alpha value is -0.240. The van der Waals surface area contributed by atoms with Crippen LogP contribution in [-0.2, 0) is 0 Å². The summed E-state index contributed by atoms with van der Waals surface area (Å²) in [6, 6.07) is -0.802. The van der Waals surface area contributed by atoms with Crippen LogP contribution in [0.3, 0.4) is 0 Å². The van der Waals surface area contributed by atoms with Crippen molar-refractivity contribution in [1.82, 2.24) is 5.32 Å². The quantitative estimate of drug-likeness (QED) is 0.270. The van der Waals surface area contributed by atoms with Crippen molar-refractivity contribution < 1.29 is 25.5 Å². The van der Waals surface area contributed by atoms with Crippen molar-refractivity contribution in [3.63, 3.8) is 0 Å². The van der Waals surface area contributed by atoms with Crippen LogP contribution in [0.15, 0.2) is 0 Å². The van der Waals surface area contributed by atoms with Gasteiger partial charge in [-0.1, -0.05) is 0 Å². The topological polar surface area (TPSA) is 113 Å². The van der Waals surface area contributed by atoms with Crippen LogP contribution in [-0.4, -0.2) is 69.1 Å². The van der Waals surface area contributed by atoms with Gasteiger partial charge in [0.05, 0.1) is 24.9 Å². The van der Waals surface area contributed by atoms with Crippen LogP contribution >= 0.6 is 0 Å². The molecular formula is C7H15NO5. The van der Waals surface area contributed by atoms with E-state index in [2.05, 4.69) is 5.32 Å². The maximum Gasteiger partial charge on any atom is 0.109 e. The number of hydrogen-bond acceptors (Lipinski definition) is 6. The molecule has 13 heavy (non-hydrogen) atoms. The normalized spacial score (nSPS) is 43.2. The van der Waals surface area contributed by atoms with Gasteiger partial charge in [0.25, 0.3) is 0 Å². The SMILES string of the molecule is OCC(O)[C@@H]1NC[C@H](O)[C@@H](O)[C@@H]1O. The van der Waals surface area contributed by atoms with Gasteiger partial charge in [0.2, 0.25) is 0 Å². The van der Waals surface area contributed by atoms with Crippen LogP contribution in [0.2, 0.25) is 0 Å². The predicted molar refractivity (Wildman–Crippen MR) is 42.9 cm³/mol. The molecule has 0 bridgehead atoms. The first kappa shape index (κ1) is 10.8. The lowest BCUT2D eigenvalue weighted by Gasteiger charge is -2.37. The molecule has 6 heteroatoms. The summed E-state index contributed by atoms with van der Waals surface area (Å²) in [5.74, 6) is 0. The number of nitrogens with one attached hydrogen (secondary N) is 1. The van der Waals surface area contributed by atoms with Gasteiger partial charge in [-0.05, 0) is 0 Å². The third-order valence-corrected chi connectivity index (χ3v) is 2.28. The third kappa shape index (κ3) is 2.16. The van der Waals surface area contributed by atoms with Gasteiger partial charge < -0.3 is 30.8 Å². The molecule has 1 unspecified atom stereocenters. The van der Waals surface area contributed by atoms with E-state index in [-0.39, 0.29) is 6.54 Å². The number of aliphatic hydroxyl groups is 5. The van der Waals surface area contributed by atoms with Crippen molar-refractivity contribution >= 4 is 0 Å². The Labute approximate surface area is 75.4 Å². The summed E-state index contributed by atoms with van der Waals surface area (Å²) < 4.78 is 0. The zero-order valence-corrected chi connectivity index (χ0v) is 7.04. The molecule has 1 heterocycles. The molecule has 0 amide bonds. The summed E-state index contributed by atoms with van der Waals surface area (Å²) in [5, 5.41) is 48.1. The fraction of sp³-hybridized carbons (Fsp3) is 1.00. The number of rotatable bonds is 2. The molecule has 1 fully saturated rings. The molecular weight excluding hydrogens is 178 g/mol. The smallest absolute Gasteiger partial charge is 0.109 e. The summed E-state index contributed by atoms with van der Waals surface area (Å²) in [7, 11) is 0. The van der Waals surface area contributed by atoms with Gasteiger partial charge in [0.15, 0.2) is 0 Å². The summed E-state index contributed by atoms with van der Waals surface area (Å²) in [6.45, 7) is -0.419. The number of β-amino-alcohol motifs (C(OH)–C–C–N with tert-alkyl or cyclic N) is 1. The van der Waals surface area contributed by atoms with Gasteiger partial charge >= 0.3 is 0 Å². The van der Waals surface area contributed by atoms with Gasteiger partial charge in [0, 0.05) is 6.54 Å². The monoisotopic (exact) mass is 193 g/mol. The number of aliphatic hydroxyl groups excluding tert-OH is 5. The Morgan fingerprint density at radius 2 is 1.85 bits per heavy atom. The van der Waals surface area contributed by atoms with E-state index in [0.29, 0.717) is 0 Å². The fourth-order valence-electron chi connectivity index (χ4n) is 1.42. The maximum atomic E-state index is 9.37. The Morgan fingerprint density at radius 3 is 2.38 bits per heavy atom. The first-order chi connectivity index (χ1) is 6.07. The van der Waals surface area contributed by atoms with E-state index in [1.807, 2.05) is 0 Å². The second-order valence-corrected chi connectivity index (χ2v) is 3.23. The van der Waals surface area contributed by atoms with Gasteiger partial charge in [-0.25, -0.2) is 0 Å². The summed E-state index contributed by atoms with van der Waals surface area (Å²) in [4.78, 5) is 0. The molecule has 1 rings (SSSR count). The minimum absolute atomic E-state index is 0.0833. The Morgan fingerprint density at radius 1 is 1.23 bits per heavy atom. The largest absolute Gasteiger partial charge is 0.394 e. The zero-order valence-electron chi connectivity index (χ0n) is 7.04. The molecule has 0 aromatic carbocycles. The number of piperidine rings is 1. The lowest BCUT2D eigenvalue weighted by Crippen LogP contribution is -2.63. The minimum Gasteiger partial charge on any atom is -0.394 e. The standard InChI is InChI=1S/C7H15NO5/c9-2-4(11)5-7(13)6(12)3(10)1-8-5/h3-13H,1-2H2/t3-,4?,5-,6+,7+/m0/s1. The van der Waals surface area contributed by atoms with Gasteiger partial charge in [0.1, 0.15) is 12.2 Å². The van der Waals surface area contributed by atoms with Gasteiger partial charge in [-0.3, -0.25) is 0 Å². The lowest BCUT2D eigenvalue weighted by atomic mass is 9.93. The molecule has 0 spiro atoms. The van der Waals surface area contributed by atoms with Crippen molar-refractivity contribution in [3.05, 3.63) is 0 Å². The van der Waals surface area contributed by atoms with Crippen LogP contribution in [0.25, 0.3) is 0 Å². The van der Waals surface area contributed by atoms with E-state index in [1.54, 1.807) is 0 Å². The molecule has 1 aliphatic rings. The van der Waals surface area contributed by atoms with E-state index in [9.17, 15) is 15.3 Å². The Balaban J connectivity index is 2.58. The van der Waals surface area contributed by atoms with E-state index in [1.165, 1.54) is 0 Å². The van der Waals surface area contributed by atoms with Crippen LogP contribution in [0.1, 0.15) is 0 Å². The van der Waals surface area contributed by atoms with Crippen LogP contribution in [0.4, 0.5) is 0 Å². The average molecular weight is 193 g/mol. The first-order valence-corrected chi connectivity index (χ1v) is 4.14. The molecule has 1 saturated heterocycles. The van der Waals surface area contributed by atoms with E-state index in [0.717, 1.165) is 0 Å². The van der Waals surface area contributed by atoms with Crippen LogP contribution < -0.4 is 5.32 Å². The van der Waals surface area contributed by atoms with E-state index >= 15 is 0 Å². The predicted octanol–water partition coefficient (Wildman–Crippen LogP) is -3.61. The zero-order chi connectivity index (χ0) is 10.0. The fourth-order valence-corrected chi connectivity index (χ4v) is 1.42. The molecule has 0 saturated carbocycles. The highest BCUT2D eigenvalue weighted by Gasteiger charge is 2.39. The van der Waals surface area contributed by atoms with Crippen molar-refractivity contribution in [2.75, 3.05) is 13.2 Å². The second kappa shape index (κ2) is 4.32. The molecule has 6 nitrogen and oxygen atoms in total. The molecule has 0 radical (unpaired) electrons. The third-order valence-electron chi connectivity index (χ3n) is 2.28. The lowest BCUT2D eigenvalue weighted by molar-refractivity contribution is -0.118. The molecule has 6 N–H and O–H groups in total. The molecule has 1 aliphatic heterocycles. The number of hydrogen-bond donors (Lipinski definition) is 6. The first-order valence-electron chi connectivity index (χ1n) is 4.14. The molecule has 0 aromatic heterocycles. The minimum atomic E-state index is -1.28. The Kier molecular flexibility index (Phi) is 3.60. The van der Waals surface area contributed by atoms with Crippen molar-refractivity contribution in [1.29, 1.82) is 0 Å². The highest BCUT2D eigenvalue weighted by Crippen LogP contribution is 2.13. The van der Waals surface area contributed by atoms with Crippen molar-refractivity contribution in [3.8, 4) is 0 Å². The summed E-state index contributed by atoms with van der Waals surface area (Å²) in [6.07, 6.45) is -4.74. The van der Waals surface area contributed by atoms with E-state index < -0.39 is 37.1 Å². The summed E-state index contributed by atoms with van der Waals surface area (Å²) in [5.41, 5.74) is 0. The van der Waals surface area contributed by atoms with Crippen LogP contribution in [0.5, 0.6) is 0 Å². The van der Waals surface area contributed by atoms with Gasteiger partial charge in [-0.15, -0.1) is 0 Å².